The zero-order chi connectivity index (χ0) is 10.0. The monoisotopic (exact) mass is 179 g/mol. The van der Waals surface area contributed by atoms with E-state index in [2.05, 4.69) is 4.98 Å². The minimum Gasteiger partial charge on any atom is -0.328 e. The van der Waals surface area contributed by atoms with Gasteiger partial charge in [-0.15, -0.1) is 0 Å². The van der Waals surface area contributed by atoms with Crippen molar-refractivity contribution in [2.24, 2.45) is 0 Å². The Morgan fingerprint density at radius 2 is 1.85 bits per heavy atom. The van der Waals surface area contributed by atoms with Crippen molar-refractivity contribution in [1.29, 1.82) is 0 Å². The van der Waals surface area contributed by atoms with Crippen LogP contribution in [-0.4, -0.2) is 16.6 Å². The van der Waals surface area contributed by atoms with Crippen molar-refractivity contribution in [2.75, 3.05) is 0 Å². The van der Waals surface area contributed by atoms with Gasteiger partial charge in [-0.1, -0.05) is 0 Å². The fraction of sp³-hybridized carbons (Fsp3) is 0.222. The van der Waals surface area contributed by atoms with Crippen molar-refractivity contribution in [3.8, 4) is 0 Å². The van der Waals surface area contributed by atoms with Crippen LogP contribution in [0.25, 0.3) is 0 Å². The van der Waals surface area contributed by atoms with E-state index >= 15 is 0 Å². The summed E-state index contributed by atoms with van der Waals surface area (Å²) in [6.07, 6.45) is 1.30. The third-order valence-corrected chi connectivity index (χ3v) is 1.69. The lowest BCUT2D eigenvalue weighted by Crippen LogP contribution is -2.16. The van der Waals surface area contributed by atoms with Crippen molar-refractivity contribution in [3.63, 3.8) is 0 Å². The molecule has 0 saturated carbocycles. The Hall–Kier alpha value is -1.71. The normalized spacial score (nSPS) is 9.69. The van der Waals surface area contributed by atoms with Crippen LogP contribution in [0.3, 0.4) is 0 Å². The molecule has 1 aromatic rings. The number of carbonyl (C=O) groups excluding carboxylic acids is 2. The lowest BCUT2D eigenvalue weighted by molar-refractivity contribution is 0.101. The molecule has 0 amide bonds. The molecule has 13 heavy (non-hydrogen) atoms. The van der Waals surface area contributed by atoms with Crippen LogP contribution in [0.2, 0.25) is 0 Å². The predicted molar refractivity (Wildman–Crippen MR) is 47.1 cm³/mol. The van der Waals surface area contributed by atoms with Crippen molar-refractivity contribution in [1.82, 2.24) is 4.98 Å². The largest absolute Gasteiger partial charge is 0.328 e. The summed E-state index contributed by atoms with van der Waals surface area (Å²) in [5, 5.41) is 0. The van der Waals surface area contributed by atoms with Gasteiger partial charge in [-0.3, -0.25) is 14.4 Å². The molecule has 0 saturated heterocycles. The van der Waals surface area contributed by atoms with Gasteiger partial charge >= 0.3 is 0 Å². The van der Waals surface area contributed by atoms with Gasteiger partial charge in [0, 0.05) is 11.8 Å². The summed E-state index contributed by atoms with van der Waals surface area (Å²) in [5.41, 5.74) is -0.102. The van der Waals surface area contributed by atoms with E-state index in [0.717, 1.165) is 0 Å². The first-order valence-corrected chi connectivity index (χ1v) is 3.77. The Morgan fingerprint density at radius 3 is 2.31 bits per heavy atom. The predicted octanol–water partition coefficient (Wildman–Crippen LogP) is 0.780. The Bertz CT molecular complexity index is 417. The molecule has 4 nitrogen and oxygen atoms in total. The molecule has 0 atom stereocenters. The van der Waals surface area contributed by atoms with Gasteiger partial charge in [-0.2, -0.15) is 0 Å². The Morgan fingerprint density at radius 1 is 1.23 bits per heavy atom. The van der Waals surface area contributed by atoms with Crippen molar-refractivity contribution in [2.45, 2.75) is 13.8 Å². The van der Waals surface area contributed by atoms with Gasteiger partial charge in [0.15, 0.2) is 11.6 Å². The molecule has 0 radical (unpaired) electrons. The average molecular weight is 179 g/mol. The zero-order valence-electron chi connectivity index (χ0n) is 7.38. The minimum absolute atomic E-state index is 0.0210. The summed E-state index contributed by atoms with van der Waals surface area (Å²) >= 11 is 0. The standard InChI is InChI=1S/C9H9NO3/c1-5(11)7-3-8(6(2)12)9(13)10-4-7/h3-4H,1-2H3,(H,10,13). The van der Waals surface area contributed by atoms with E-state index in [1.54, 1.807) is 0 Å². The lowest BCUT2D eigenvalue weighted by atomic mass is 10.1. The highest BCUT2D eigenvalue weighted by molar-refractivity contribution is 5.98. The van der Waals surface area contributed by atoms with Gasteiger partial charge in [0.05, 0.1) is 5.56 Å². The fourth-order valence-corrected chi connectivity index (χ4v) is 0.949. The first kappa shape index (κ1) is 9.38. The fourth-order valence-electron chi connectivity index (χ4n) is 0.949. The number of rotatable bonds is 2. The first-order chi connectivity index (χ1) is 6.02. The Balaban J connectivity index is 3.35. The molecule has 0 fully saturated rings. The second kappa shape index (κ2) is 3.35. The molecule has 1 aromatic heterocycles. The van der Waals surface area contributed by atoms with E-state index in [-0.39, 0.29) is 17.1 Å². The van der Waals surface area contributed by atoms with Crippen molar-refractivity contribution < 1.29 is 9.59 Å². The summed E-state index contributed by atoms with van der Waals surface area (Å²) < 4.78 is 0. The molecule has 0 aliphatic heterocycles. The van der Waals surface area contributed by atoms with Crippen LogP contribution >= 0.6 is 0 Å². The molecule has 1 rings (SSSR count). The summed E-state index contributed by atoms with van der Waals surface area (Å²) in [5.74, 6) is -0.525. The van der Waals surface area contributed by atoms with E-state index in [1.807, 2.05) is 0 Å². The second-order valence-corrected chi connectivity index (χ2v) is 2.74. The van der Waals surface area contributed by atoms with Crippen LogP contribution in [0.15, 0.2) is 17.1 Å². The highest BCUT2D eigenvalue weighted by Gasteiger charge is 2.08. The van der Waals surface area contributed by atoms with E-state index in [4.69, 9.17) is 0 Å². The molecule has 1 N–H and O–H groups in total. The van der Waals surface area contributed by atoms with Gasteiger partial charge in [0.2, 0.25) is 0 Å². The maximum atomic E-state index is 11.0. The number of hydrogen-bond donors (Lipinski definition) is 1. The number of ketones is 2. The molecular formula is C9H9NO3. The Kier molecular flexibility index (Phi) is 2.41. The van der Waals surface area contributed by atoms with E-state index in [0.29, 0.717) is 5.56 Å². The van der Waals surface area contributed by atoms with Gasteiger partial charge in [0.1, 0.15) is 0 Å². The number of aromatic nitrogens is 1. The van der Waals surface area contributed by atoms with E-state index in [9.17, 15) is 14.4 Å². The second-order valence-electron chi connectivity index (χ2n) is 2.74. The molecule has 1 heterocycles. The van der Waals surface area contributed by atoms with Crippen LogP contribution < -0.4 is 5.56 Å². The number of pyridine rings is 1. The SMILES string of the molecule is CC(=O)c1c[nH]c(=O)c(C(C)=O)c1. The molecule has 0 aliphatic rings. The summed E-state index contributed by atoms with van der Waals surface area (Å²) in [7, 11) is 0. The minimum atomic E-state index is -0.461. The Labute approximate surface area is 74.6 Å². The summed E-state index contributed by atoms with van der Waals surface area (Å²) in [4.78, 5) is 35.2. The highest BCUT2D eigenvalue weighted by atomic mass is 16.1. The third kappa shape index (κ3) is 1.90. The smallest absolute Gasteiger partial charge is 0.258 e. The number of Topliss-reactive ketones (excluding diaryl/α,β-unsaturated/α-hetero) is 2. The molecular weight excluding hydrogens is 170 g/mol. The molecule has 4 heteroatoms. The van der Waals surface area contributed by atoms with Crippen LogP contribution in [0.4, 0.5) is 0 Å². The zero-order valence-corrected chi connectivity index (χ0v) is 7.38. The molecule has 0 aliphatic carbocycles. The third-order valence-electron chi connectivity index (χ3n) is 1.69. The van der Waals surface area contributed by atoms with Crippen LogP contribution in [0.1, 0.15) is 34.6 Å². The van der Waals surface area contributed by atoms with Gasteiger partial charge in [-0.25, -0.2) is 0 Å². The maximum Gasteiger partial charge on any atom is 0.258 e. The molecule has 0 bridgehead atoms. The van der Waals surface area contributed by atoms with Gasteiger partial charge < -0.3 is 4.98 Å². The maximum absolute atomic E-state index is 11.0. The number of aromatic amines is 1. The van der Waals surface area contributed by atoms with Crippen LogP contribution in [-0.2, 0) is 0 Å². The number of H-pyrrole nitrogens is 1. The van der Waals surface area contributed by atoms with Crippen LogP contribution in [0, 0.1) is 0 Å². The summed E-state index contributed by atoms with van der Waals surface area (Å²) in [6.45, 7) is 2.66. The molecule has 0 spiro atoms. The molecule has 68 valence electrons. The summed E-state index contributed by atoms with van der Waals surface area (Å²) in [6, 6.07) is 1.31. The van der Waals surface area contributed by atoms with E-state index < -0.39 is 5.56 Å². The van der Waals surface area contributed by atoms with Crippen LogP contribution in [0.5, 0.6) is 0 Å². The molecule has 0 unspecified atom stereocenters. The molecule has 0 aromatic carbocycles. The van der Waals surface area contributed by atoms with Crippen molar-refractivity contribution in [3.05, 3.63) is 33.7 Å². The number of carbonyl (C=O) groups is 2. The first-order valence-electron chi connectivity index (χ1n) is 3.77. The average Bonchev–Trinajstić information content (AvgIpc) is 2.04. The lowest BCUT2D eigenvalue weighted by Gasteiger charge is -1.97. The van der Waals surface area contributed by atoms with Crippen molar-refractivity contribution >= 4 is 11.6 Å². The van der Waals surface area contributed by atoms with Gasteiger partial charge in [-0.05, 0) is 19.9 Å². The topological polar surface area (TPSA) is 67.0 Å². The number of nitrogens with one attached hydrogen (secondary N) is 1. The van der Waals surface area contributed by atoms with Gasteiger partial charge in [0.25, 0.3) is 5.56 Å². The quantitative estimate of drug-likeness (QED) is 0.682. The number of hydrogen-bond acceptors (Lipinski definition) is 3. The highest BCUT2D eigenvalue weighted by Crippen LogP contribution is 1.99. The van der Waals surface area contributed by atoms with E-state index in [1.165, 1.54) is 26.1 Å².